The standard InChI is InChI=1S/C24H26N4O3/c1-15-9-10-16(2)19(12-15)25-22(29)13-21-23(30)27(14-17-6-5-11-31-17)24-26-18-7-3-4-8-20(18)28(21)24/h3-4,7-10,12,17,21H,5-6,11,13-14H2,1-2H3,(H,25,29)/t17-,21-/m1/s1. The summed E-state index contributed by atoms with van der Waals surface area (Å²) in [6, 6.07) is 13.1. The molecule has 1 N–H and O–H groups in total. The van der Waals surface area contributed by atoms with Gasteiger partial charge in [-0.2, -0.15) is 0 Å². The van der Waals surface area contributed by atoms with Crippen LogP contribution in [-0.4, -0.2) is 40.6 Å². The predicted molar refractivity (Wildman–Crippen MR) is 119 cm³/mol. The Balaban J connectivity index is 1.44. The van der Waals surface area contributed by atoms with Gasteiger partial charge in [-0.3, -0.25) is 19.1 Å². The number of benzene rings is 2. The molecule has 0 bridgehead atoms. The lowest BCUT2D eigenvalue weighted by Crippen LogP contribution is -2.37. The van der Waals surface area contributed by atoms with Crippen LogP contribution >= 0.6 is 0 Å². The van der Waals surface area contributed by atoms with E-state index in [1.165, 1.54) is 0 Å². The second-order valence-corrected chi connectivity index (χ2v) is 8.44. The molecule has 0 unspecified atom stereocenters. The Kier molecular flexibility index (Phi) is 4.98. The van der Waals surface area contributed by atoms with Crippen molar-refractivity contribution >= 4 is 34.5 Å². The first-order valence-corrected chi connectivity index (χ1v) is 10.8. The Hall–Kier alpha value is -3.19. The number of carbonyl (C=O) groups is 2. The first kappa shape index (κ1) is 19.8. The maximum absolute atomic E-state index is 13.4. The summed E-state index contributed by atoms with van der Waals surface area (Å²) >= 11 is 0. The Morgan fingerprint density at radius 3 is 2.87 bits per heavy atom. The van der Waals surface area contributed by atoms with E-state index >= 15 is 0 Å². The van der Waals surface area contributed by atoms with Crippen LogP contribution in [-0.2, 0) is 14.3 Å². The number of rotatable bonds is 5. The number of para-hydroxylation sites is 2. The predicted octanol–water partition coefficient (Wildman–Crippen LogP) is 3.75. The van der Waals surface area contributed by atoms with E-state index in [0.717, 1.165) is 47.3 Å². The third kappa shape index (κ3) is 3.59. The van der Waals surface area contributed by atoms with Crippen molar-refractivity contribution < 1.29 is 14.3 Å². The minimum Gasteiger partial charge on any atom is -0.376 e. The van der Waals surface area contributed by atoms with Crippen molar-refractivity contribution in [2.45, 2.75) is 45.3 Å². The van der Waals surface area contributed by atoms with E-state index in [1.807, 2.05) is 60.9 Å². The Bertz CT molecular complexity index is 1160. The van der Waals surface area contributed by atoms with Crippen LogP contribution in [0.5, 0.6) is 0 Å². The van der Waals surface area contributed by atoms with Crippen molar-refractivity contribution in [1.29, 1.82) is 0 Å². The number of hydrogen-bond donors (Lipinski definition) is 1. The van der Waals surface area contributed by atoms with E-state index < -0.39 is 6.04 Å². The Morgan fingerprint density at radius 2 is 2.06 bits per heavy atom. The number of aromatic nitrogens is 2. The lowest BCUT2D eigenvalue weighted by molar-refractivity contribution is -0.124. The summed E-state index contributed by atoms with van der Waals surface area (Å²) in [7, 11) is 0. The van der Waals surface area contributed by atoms with Crippen LogP contribution in [0, 0.1) is 13.8 Å². The summed E-state index contributed by atoms with van der Waals surface area (Å²) in [4.78, 5) is 32.8. The number of amides is 2. The zero-order chi connectivity index (χ0) is 21.5. The fourth-order valence-electron chi connectivity index (χ4n) is 4.51. The monoisotopic (exact) mass is 418 g/mol. The molecular formula is C24H26N4O3. The van der Waals surface area contributed by atoms with Gasteiger partial charge in [0.25, 0.3) is 5.91 Å². The smallest absolute Gasteiger partial charge is 0.253 e. The van der Waals surface area contributed by atoms with E-state index in [4.69, 9.17) is 9.72 Å². The van der Waals surface area contributed by atoms with Crippen LogP contribution in [0.3, 0.4) is 0 Å². The SMILES string of the molecule is Cc1ccc(C)c(NC(=O)C[C@@H]2C(=O)N(C[C@H]3CCCO3)c3nc4ccccc4n32)c1. The molecule has 1 fully saturated rings. The van der Waals surface area contributed by atoms with E-state index in [-0.39, 0.29) is 24.3 Å². The number of fused-ring (bicyclic) bond motifs is 3. The van der Waals surface area contributed by atoms with E-state index in [2.05, 4.69) is 5.32 Å². The van der Waals surface area contributed by atoms with E-state index in [1.54, 1.807) is 4.90 Å². The van der Waals surface area contributed by atoms with Crippen molar-refractivity contribution in [3.8, 4) is 0 Å². The molecule has 2 atom stereocenters. The number of aryl methyl sites for hydroxylation is 2. The number of nitrogens with one attached hydrogen (secondary N) is 1. The van der Waals surface area contributed by atoms with Crippen molar-refractivity contribution in [1.82, 2.24) is 9.55 Å². The third-order valence-electron chi connectivity index (χ3n) is 6.14. The van der Waals surface area contributed by atoms with Gasteiger partial charge in [-0.1, -0.05) is 24.3 Å². The lowest BCUT2D eigenvalue weighted by Gasteiger charge is -2.19. The normalized spacial score (nSPS) is 20.5. The number of carbonyl (C=O) groups excluding carboxylic acids is 2. The highest BCUT2D eigenvalue weighted by atomic mass is 16.5. The van der Waals surface area contributed by atoms with Crippen LogP contribution < -0.4 is 10.2 Å². The molecule has 1 aromatic heterocycles. The average Bonchev–Trinajstić information content (AvgIpc) is 3.44. The van der Waals surface area contributed by atoms with Gasteiger partial charge in [-0.05, 0) is 56.0 Å². The molecule has 2 aliphatic rings. The number of imidazole rings is 1. The molecule has 2 aliphatic heterocycles. The largest absolute Gasteiger partial charge is 0.376 e. The molecule has 1 saturated heterocycles. The van der Waals surface area contributed by atoms with Crippen LogP contribution in [0.25, 0.3) is 11.0 Å². The fourth-order valence-corrected chi connectivity index (χ4v) is 4.51. The molecule has 0 spiro atoms. The van der Waals surface area contributed by atoms with Crippen molar-refractivity contribution in [3.63, 3.8) is 0 Å². The van der Waals surface area contributed by atoms with Gasteiger partial charge in [0, 0.05) is 12.3 Å². The fraction of sp³-hybridized carbons (Fsp3) is 0.375. The maximum Gasteiger partial charge on any atom is 0.253 e. The quantitative estimate of drug-likeness (QED) is 0.685. The first-order valence-electron chi connectivity index (χ1n) is 10.8. The molecule has 160 valence electrons. The molecule has 0 aliphatic carbocycles. The lowest BCUT2D eigenvalue weighted by atomic mass is 10.1. The average molecular weight is 418 g/mol. The van der Waals surface area contributed by atoms with Gasteiger partial charge >= 0.3 is 0 Å². The van der Waals surface area contributed by atoms with Crippen molar-refractivity contribution in [2.24, 2.45) is 0 Å². The number of anilines is 2. The number of hydrogen-bond acceptors (Lipinski definition) is 4. The summed E-state index contributed by atoms with van der Waals surface area (Å²) < 4.78 is 7.67. The summed E-state index contributed by atoms with van der Waals surface area (Å²) in [5.41, 5.74) is 4.53. The first-order chi connectivity index (χ1) is 15.0. The van der Waals surface area contributed by atoms with Gasteiger partial charge in [0.2, 0.25) is 11.9 Å². The van der Waals surface area contributed by atoms with Gasteiger partial charge in [0.15, 0.2) is 0 Å². The minimum atomic E-state index is -0.617. The van der Waals surface area contributed by atoms with Gasteiger partial charge < -0.3 is 10.1 Å². The Labute approximate surface area is 181 Å². The molecule has 2 amide bonds. The third-order valence-corrected chi connectivity index (χ3v) is 6.14. The highest BCUT2D eigenvalue weighted by Gasteiger charge is 2.42. The number of ether oxygens (including phenoxy) is 1. The van der Waals surface area contributed by atoms with Gasteiger partial charge in [-0.15, -0.1) is 0 Å². The summed E-state index contributed by atoms with van der Waals surface area (Å²) in [5.74, 6) is 0.320. The van der Waals surface area contributed by atoms with Crippen LogP contribution in [0.2, 0.25) is 0 Å². The zero-order valence-electron chi connectivity index (χ0n) is 17.8. The molecule has 0 radical (unpaired) electrons. The molecule has 31 heavy (non-hydrogen) atoms. The number of nitrogens with zero attached hydrogens (tertiary/aromatic N) is 3. The second kappa shape index (κ2) is 7.81. The topological polar surface area (TPSA) is 76.5 Å². The van der Waals surface area contributed by atoms with Crippen molar-refractivity contribution in [3.05, 3.63) is 53.6 Å². The molecule has 2 aromatic carbocycles. The van der Waals surface area contributed by atoms with E-state index in [9.17, 15) is 9.59 Å². The summed E-state index contributed by atoms with van der Waals surface area (Å²) in [6.45, 7) is 5.14. The summed E-state index contributed by atoms with van der Waals surface area (Å²) in [5, 5.41) is 2.99. The van der Waals surface area contributed by atoms with Gasteiger partial charge in [0.1, 0.15) is 6.04 Å². The van der Waals surface area contributed by atoms with Gasteiger partial charge in [-0.25, -0.2) is 4.98 Å². The molecule has 3 heterocycles. The molecule has 7 heteroatoms. The molecule has 3 aromatic rings. The minimum absolute atomic E-state index is 0.0136. The zero-order valence-corrected chi connectivity index (χ0v) is 17.8. The van der Waals surface area contributed by atoms with Crippen LogP contribution in [0.4, 0.5) is 11.6 Å². The second-order valence-electron chi connectivity index (χ2n) is 8.44. The summed E-state index contributed by atoms with van der Waals surface area (Å²) in [6.07, 6.45) is 2.01. The highest BCUT2D eigenvalue weighted by molar-refractivity contribution is 6.05. The van der Waals surface area contributed by atoms with Crippen LogP contribution in [0.15, 0.2) is 42.5 Å². The van der Waals surface area contributed by atoms with Gasteiger partial charge in [0.05, 0.1) is 30.1 Å². The Morgan fingerprint density at radius 1 is 1.23 bits per heavy atom. The highest BCUT2D eigenvalue weighted by Crippen LogP contribution is 2.37. The molecular weight excluding hydrogens is 392 g/mol. The molecule has 5 rings (SSSR count). The van der Waals surface area contributed by atoms with E-state index in [0.29, 0.717) is 12.5 Å². The molecule has 0 saturated carbocycles. The van der Waals surface area contributed by atoms with Crippen LogP contribution in [0.1, 0.15) is 36.4 Å². The molecule has 7 nitrogen and oxygen atoms in total. The van der Waals surface area contributed by atoms with Crippen molar-refractivity contribution in [2.75, 3.05) is 23.4 Å². The maximum atomic E-state index is 13.4.